The lowest BCUT2D eigenvalue weighted by atomic mass is 9.87. The number of rotatable bonds is 13. The van der Waals surface area contributed by atoms with Crippen molar-refractivity contribution < 1.29 is 28.7 Å². The number of hydrogen-bond acceptors (Lipinski definition) is 13. The molecule has 7 aliphatic heterocycles. The highest BCUT2D eigenvalue weighted by molar-refractivity contribution is 6.05. The Hall–Kier alpha value is -6.90. The van der Waals surface area contributed by atoms with Gasteiger partial charge in [-0.1, -0.05) is 18.2 Å². The number of benzene rings is 1. The molecule has 4 aromatic heterocycles. The minimum absolute atomic E-state index is 0.139. The van der Waals surface area contributed by atoms with Gasteiger partial charge in [-0.15, -0.1) is 0 Å². The van der Waals surface area contributed by atoms with Gasteiger partial charge in [0.15, 0.2) is 0 Å². The van der Waals surface area contributed by atoms with Crippen molar-refractivity contribution in [3.05, 3.63) is 101 Å². The monoisotopic (exact) mass is 931 g/mol. The summed E-state index contributed by atoms with van der Waals surface area (Å²) in [4.78, 5) is 71.2. The molecule has 6 saturated heterocycles. The van der Waals surface area contributed by atoms with E-state index in [0.29, 0.717) is 85.8 Å². The van der Waals surface area contributed by atoms with Crippen LogP contribution in [0.4, 0.5) is 5.82 Å². The molecule has 69 heavy (non-hydrogen) atoms. The molecule has 3 atom stereocenters. The first-order chi connectivity index (χ1) is 33.7. The molecule has 0 saturated carbocycles. The fourth-order valence-electron chi connectivity index (χ4n) is 11.5. The van der Waals surface area contributed by atoms with Crippen molar-refractivity contribution in [1.29, 1.82) is 5.26 Å². The summed E-state index contributed by atoms with van der Waals surface area (Å²) in [6.07, 6.45) is 13.1. The van der Waals surface area contributed by atoms with Crippen molar-refractivity contribution in [1.82, 2.24) is 44.5 Å². The fraction of sp³-hybridized carbons (Fsp3) is 0.462. The highest BCUT2D eigenvalue weighted by Gasteiger charge is 2.45. The van der Waals surface area contributed by atoms with Crippen LogP contribution in [0.2, 0.25) is 0 Å². The van der Waals surface area contributed by atoms with Crippen molar-refractivity contribution in [2.24, 2.45) is 5.92 Å². The summed E-state index contributed by atoms with van der Waals surface area (Å²) in [5.41, 5.74) is 6.84. The van der Waals surface area contributed by atoms with Crippen molar-refractivity contribution in [2.75, 3.05) is 64.4 Å². The van der Waals surface area contributed by atoms with E-state index in [1.807, 2.05) is 47.8 Å². The highest BCUT2D eigenvalue weighted by atomic mass is 16.5. The molecule has 5 aromatic rings. The summed E-state index contributed by atoms with van der Waals surface area (Å²) in [6, 6.07) is 18.9. The number of aromatic nitrogens is 4. The van der Waals surface area contributed by atoms with Gasteiger partial charge in [-0.3, -0.25) is 29.4 Å². The third-order valence-electron chi connectivity index (χ3n) is 15.5. The number of amides is 4. The number of fused-ring (bicyclic) bond motifs is 4. The maximum atomic E-state index is 13.4. The predicted octanol–water partition coefficient (Wildman–Crippen LogP) is 4.78. The quantitative estimate of drug-likeness (QED) is 0.160. The first-order valence-corrected chi connectivity index (χ1v) is 24.5. The predicted molar refractivity (Wildman–Crippen MR) is 254 cm³/mol. The van der Waals surface area contributed by atoms with Crippen molar-refractivity contribution in [2.45, 2.75) is 88.5 Å². The number of hydrogen-bond donors (Lipinski definition) is 1. The lowest BCUT2D eigenvalue weighted by Gasteiger charge is -2.56. The second-order valence-corrected chi connectivity index (χ2v) is 19.6. The first-order valence-electron chi connectivity index (χ1n) is 24.5. The number of imide groups is 1. The minimum atomic E-state index is -0.614. The number of carbonyl (C=O) groups excluding carboxylic acids is 4. The average molecular weight is 932 g/mol. The van der Waals surface area contributed by atoms with Gasteiger partial charge in [0.05, 0.1) is 37.2 Å². The molecule has 1 aromatic carbocycles. The van der Waals surface area contributed by atoms with Gasteiger partial charge in [-0.2, -0.15) is 10.4 Å². The number of piperazine rings is 1. The third kappa shape index (κ3) is 8.99. The van der Waals surface area contributed by atoms with Crippen LogP contribution in [0.1, 0.15) is 89.9 Å². The van der Waals surface area contributed by atoms with Crippen LogP contribution >= 0.6 is 0 Å². The number of nitriles is 1. The summed E-state index contributed by atoms with van der Waals surface area (Å²) in [5, 5.41) is 16.9. The Morgan fingerprint density at radius 1 is 0.899 bits per heavy atom. The summed E-state index contributed by atoms with van der Waals surface area (Å²) in [7, 11) is 1.63. The van der Waals surface area contributed by atoms with Crippen LogP contribution in [0.25, 0.3) is 16.6 Å². The molecular formula is C52H57N11O6. The van der Waals surface area contributed by atoms with E-state index in [0.717, 1.165) is 98.5 Å². The molecule has 11 heterocycles. The molecule has 1 N–H and O–H groups in total. The third-order valence-corrected chi connectivity index (χ3v) is 15.5. The number of nitrogens with one attached hydrogen (secondary N) is 1. The number of pyridine rings is 3. The van der Waals surface area contributed by atoms with Crippen LogP contribution in [0.15, 0.2) is 73.3 Å². The Kier molecular flexibility index (Phi) is 12.2. The van der Waals surface area contributed by atoms with Crippen LogP contribution in [0.3, 0.4) is 0 Å². The van der Waals surface area contributed by atoms with E-state index in [1.165, 1.54) is 12.0 Å². The van der Waals surface area contributed by atoms with Crippen molar-refractivity contribution in [3.63, 3.8) is 0 Å². The molecule has 17 nitrogen and oxygen atoms in total. The van der Waals surface area contributed by atoms with Gasteiger partial charge in [0.25, 0.3) is 5.91 Å². The lowest BCUT2D eigenvalue weighted by Crippen LogP contribution is -2.68. The molecule has 0 aliphatic carbocycles. The van der Waals surface area contributed by atoms with E-state index < -0.39 is 11.9 Å². The number of nitrogens with zero attached hydrogens (tertiary/aromatic N) is 10. The number of likely N-dealkylation sites (tertiary alicyclic amines) is 2. The van der Waals surface area contributed by atoms with E-state index in [4.69, 9.17) is 14.5 Å². The van der Waals surface area contributed by atoms with Crippen LogP contribution in [0, 0.1) is 17.2 Å². The van der Waals surface area contributed by atoms with Crippen LogP contribution in [-0.2, 0) is 27.5 Å². The molecule has 6 fully saturated rings. The SMILES string of the molecule is COc1ccc(CN2[C@@H]3C[C@H]2CN(c2ccc(-c4cc(OCC5CCN(C(=O)CCN6CCC(c7ccc8c(c7)C(=O)N(C7CCC(=O)NC7=O)C8)CC6)CC5)cn5ncc(C#N)c45)cn2)C3)cn1. The lowest BCUT2D eigenvalue weighted by molar-refractivity contribution is -0.137. The Balaban J connectivity index is 0.638. The standard InChI is InChI=1S/C52H57N11O6/c1-68-48-9-2-34(24-55-48)27-61-40-21-41(61)30-60(29-40)46-7-5-37(25-54-46)43-22-42(31-63-50(43)39(23-53)26-56-63)69-32-33-10-18-59(19-11-33)49(65)14-17-58-15-12-35(13-16-58)36-3-4-38-28-62(52(67)44(38)20-36)45-6-8-47(64)57-51(45)66/h2-5,7,9,20,22,24-26,31,33,35,40-41,45H,6,8,10-19,21,27-30,32H2,1H3,(H,57,64,66)/t40-,41+,45?. The second kappa shape index (κ2) is 18.9. The second-order valence-electron chi connectivity index (χ2n) is 19.6. The highest BCUT2D eigenvalue weighted by Crippen LogP contribution is 2.38. The normalized spacial score (nSPS) is 22.3. The number of carbonyl (C=O) groups is 4. The number of methoxy groups -OCH3 is 1. The average Bonchev–Trinajstić information content (AvgIpc) is 3.96. The maximum Gasteiger partial charge on any atom is 0.255 e. The van der Waals surface area contributed by atoms with Gasteiger partial charge >= 0.3 is 0 Å². The summed E-state index contributed by atoms with van der Waals surface area (Å²) in [5.74, 6) is 2.23. The van der Waals surface area contributed by atoms with Crippen molar-refractivity contribution in [3.8, 4) is 28.8 Å². The van der Waals surface area contributed by atoms with Gasteiger partial charge in [-0.25, -0.2) is 14.5 Å². The topological polar surface area (TPSA) is 182 Å². The molecule has 0 radical (unpaired) electrons. The molecule has 1 unspecified atom stereocenters. The largest absolute Gasteiger partial charge is 0.492 e. The molecule has 0 spiro atoms. The van der Waals surface area contributed by atoms with E-state index in [2.05, 4.69) is 60.4 Å². The van der Waals surface area contributed by atoms with Crippen LogP contribution < -0.4 is 19.7 Å². The summed E-state index contributed by atoms with van der Waals surface area (Å²) < 4.78 is 13.4. The zero-order chi connectivity index (χ0) is 47.2. The number of piperidine rings is 4. The van der Waals surface area contributed by atoms with E-state index in [1.54, 1.807) is 22.7 Å². The molecule has 356 valence electrons. The van der Waals surface area contributed by atoms with E-state index >= 15 is 0 Å². The van der Waals surface area contributed by atoms with Crippen LogP contribution in [-0.4, -0.2) is 140 Å². The molecule has 17 heteroatoms. The van der Waals surface area contributed by atoms with Gasteiger partial charge in [-0.05, 0) is 104 Å². The molecule has 12 rings (SSSR count). The van der Waals surface area contributed by atoms with Gasteiger partial charge in [0.1, 0.15) is 23.7 Å². The van der Waals surface area contributed by atoms with Gasteiger partial charge in [0.2, 0.25) is 23.6 Å². The first kappa shape index (κ1) is 44.6. The molecule has 2 bridgehead atoms. The Bertz CT molecular complexity index is 2800. The Labute approximate surface area is 401 Å². The fourth-order valence-corrected chi connectivity index (χ4v) is 11.5. The zero-order valence-electron chi connectivity index (χ0n) is 39.0. The molecular weight excluding hydrogens is 875 g/mol. The van der Waals surface area contributed by atoms with Gasteiger partial charge in [0, 0.05) is 106 Å². The smallest absolute Gasteiger partial charge is 0.255 e. The van der Waals surface area contributed by atoms with E-state index in [9.17, 15) is 24.4 Å². The van der Waals surface area contributed by atoms with Crippen LogP contribution in [0.5, 0.6) is 11.6 Å². The maximum absolute atomic E-state index is 13.4. The summed E-state index contributed by atoms with van der Waals surface area (Å²) in [6.45, 7) is 7.52. The summed E-state index contributed by atoms with van der Waals surface area (Å²) >= 11 is 0. The Morgan fingerprint density at radius 3 is 2.45 bits per heavy atom. The van der Waals surface area contributed by atoms with E-state index in [-0.39, 0.29) is 24.1 Å². The number of ether oxygens (including phenoxy) is 2. The minimum Gasteiger partial charge on any atom is -0.492 e. The molecule has 7 aliphatic rings. The molecule has 4 amide bonds. The van der Waals surface area contributed by atoms with Gasteiger partial charge < -0.3 is 29.1 Å². The number of anilines is 1. The van der Waals surface area contributed by atoms with Crippen molar-refractivity contribution >= 4 is 35.0 Å². The zero-order valence-corrected chi connectivity index (χ0v) is 39.0. The Morgan fingerprint density at radius 2 is 1.72 bits per heavy atom.